The number of nitrogens with zero attached hydrogens (tertiary/aromatic N) is 1. The quantitative estimate of drug-likeness (QED) is 0.141. The minimum atomic E-state index is -1.35. The number of rotatable bonds is 13. The van der Waals surface area contributed by atoms with Gasteiger partial charge in [-0.1, -0.05) is 60.1 Å². The Morgan fingerprint density at radius 2 is 1.63 bits per heavy atom. The number of likely N-dealkylation sites (tertiary alicyclic amines) is 1. The highest BCUT2D eigenvalue weighted by molar-refractivity contribution is 6.30. The number of esters is 1. The lowest BCUT2D eigenvalue weighted by atomic mass is 9.33. The van der Waals surface area contributed by atoms with Crippen LogP contribution in [-0.2, 0) is 23.9 Å². The third-order valence-electron chi connectivity index (χ3n) is 18.3. The van der Waals surface area contributed by atoms with Crippen LogP contribution in [0.3, 0.4) is 0 Å². The third-order valence-corrected chi connectivity index (χ3v) is 18.5. The Bertz CT molecular complexity index is 2130. The predicted molar refractivity (Wildman–Crippen MR) is 249 cm³/mol. The van der Waals surface area contributed by atoms with Crippen LogP contribution in [0.5, 0.6) is 5.75 Å². The molecule has 12 nitrogen and oxygen atoms in total. The molecule has 13 heteroatoms. The minimum Gasteiger partial charge on any atom is -0.491 e. The van der Waals surface area contributed by atoms with E-state index in [9.17, 15) is 34.2 Å². The summed E-state index contributed by atoms with van der Waals surface area (Å²) in [5, 5.41) is 26.4. The Morgan fingerprint density at radius 1 is 0.923 bits per heavy atom. The number of aliphatic hydroxyl groups is 1. The standard InChI is InChI=1S/C52H76ClN3O9/c1-30(2)41-35(58)27-52(55-44(61)48(7,8)54-43(60)33-13-12-31(53)26-36(33)64-25-24-56-23-18-32(57)29-56)22-21-50(10)34(42(41)52)14-15-38-49(9)19-17-39(65-40(59)28-46(3,4)45(62)63)47(5,6)37(49)16-20-51(38,50)11/h12-13,26,30,32,34,37-39,57H,14-25,27-29H2,1-11H3,(H,54,60)(H,55,61)(H,62,63)/t32-,34-,37+,38-,39+,49+,50-,51-,52-/m1/s1. The lowest BCUT2D eigenvalue weighted by Crippen LogP contribution is -2.68. The van der Waals surface area contributed by atoms with Crippen molar-refractivity contribution in [3.63, 3.8) is 0 Å². The summed E-state index contributed by atoms with van der Waals surface area (Å²) >= 11 is 6.35. The SMILES string of the molecule is CC(C)C1=C2[C@H]3CC[C@@H]4[C@@]5(C)CC[C@H](OC(=O)CC(C)(C)C(=O)O)C(C)(C)[C@@H]5CC[C@@]4(C)[C@]3(C)CC[C@@]2(NC(=O)C(C)(C)NC(=O)c2ccc(Cl)cc2OCCN2CC[C@@H](O)C2)CC1=O. The Hall–Kier alpha value is -3.48. The highest BCUT2D eigenvalue weighted by Gasteiger charge is 2.70. The van der Waals surface area contributed by atoms with E-state index in [1.54, 1.807) is 45.9 Å². The number of fused-ring (bicyclic) bond motifs is 7. The maximum atomic E-state index is 14.7. The van der Waals surface area contributed by atoms with Gasteiger partial charge in [0.1, 0.15) is 24.0 Å². The fourth-order valence-corrected chi connectivity index (χ4v) is 14.6. The largest absolute Gasteiger partial charge is 0.491 e. The summed E-state index contributed by atoms with van der Waals surface area (Å²) in [6.45, 7) is 24.8. The first kappa shape index (κ1) is 49.4. The molecule has 1 saturated heterocycles. The van der Waals surface area contributed by atoms with E-state index in [1.807, 2.05) is 0 Å². The second kappa shape index (κ2) is 17.2. The second-order valence-corrected chi connectivity index (χ2v) is 24.2. The first-order valence-corrected chi connectivity index (χ1v) is 24.7. The molecule has 360 valence electrons. The van der Waals surface area contributed by atoms with Gasteiger partial charge < -0.3 is 30.3 Å². The number of allylic oxidation sites excluding steroid dienone is 1. The van der Waals surface area contributed by atoms with Crippen LogP contribution in [0.1, 0.15) is 157 Å². The van der Waals surface area contributed by atoms with Gasteiger partial charge in [0.2, 0.25) is 5.91 Å². The highest BCUT2D eigenvalue weighted by Crippen LogP contribution is 2.76. The highest BCUT2D eigenvalue weighted by atomic mass is 35.5. The number of hydrogen-bond acceptors (Lipinski definition) is 9. The number of carboxylic acids is 1. The van der Waals surface area contributed by atoms with E-state index < -0.39 is 34.3 Å². The summed E-state index contributed by atoms with van der Waals surface area (Å²) in [5.41, 5.74) is -1.76. The van der Waals surface area contributed by atoms with Crippen molar-refractivity contribution in [2.24, 2.45) is 50.7 Å². The molecule has 6 aliphatic rings. The number of carboxylic acid groups (broad SMARTS) is 1. The number of carbonyl (C=O) groups excluding carboxylic acids is 4. The maximum Gasteiger partial charge on any atom is 0.309 e. The number of hydrogen-bond donors (Lipinski definition) is 4. The van der Waals surface area contributed by atoms with Gasteiger partial charge >= 0.3 is 11.9 Å². The Labute approximate surface area is 391 Å². The zero-order valence-corrected chi connectivity index (χ0v) is 41.6. The van der Waals surface area contributed by atoms with Gasteiger partial charge in [-0.3, -0.25) is 28.9 Å². The van der Waals surface area contributed by atoms with Crippen molar-refractivity contribution in [1.82, 2.24) is 15.5 Å². The molecule has 9 atom stereocenters. The molecule has 65 heavy (non-hydrogen) atoms. The average Bonchev–Trinajstić information content (AvgIpc) is 3.74. The van der Waals surface area contributed by atoms with E-state index in [-0.39, 0.29) is 75.8 Å². The van der Waals surface area contributed by atoms with Gasteiger partial charge in [-0.25, -0.2) is 0 Å². The molecular weight excluding hydrogens is 846 g/mol. The van der Waals surface area contributed by atoms with Gasteiger partial charge in [-0.05, 0) is 155 Å². The van der Waals surface area contributed by atoms with Crippen molar-refractivity contribution < 1.29 is 43.7 Å². The van der Waals surface area contributed by atoms with E-state index in [4.69, 9.17) is 21.1 Å². The van der Waals surface area contributed by atoms with Crippen molar-refractivity contribution in [2.45, 2.75) is 170 Å². The number of halogens is 1. The van der Waals surface area contributed by atoms with Gasteiger partial charge in [0.05, 0.1) is 29.0 Å². The topological polar surface area (TPSA) is 172 Å². The number of carbonyl (C=O) groups is 5. The molecule has 1 aromatic rings. The predicted octanol–water partition coefficient (Wildman–Crippen LogP) is 8.56. The van der Waals surface area contributed by atoms with Crippen LogP contribution in [-0.4, -0.2) is 94.2 Å². The number of aliphatic carboxylic acids is 1. The summed E-state index contributed by atoms with van der Waals surface area (Å²) in [5.74, 6) is -1.15. The van der Waals surface area contributed by atoms with E-state index in [0.717, 1.165) is 69.1 Å². The van der Waals surface area contributed by atoms with E-state index in [0.29, 0.717) is 48.7 Å². The normalized spacial score (nSPS) is 34.6. The van der Waals surface area contributed by atoms with Gasteiger partial charge in [-0.15, -0.1) is 0 Å². The second-order valence-electron chi connectivity index (χ2n) is 23.7. The lowest BCUT2D eigenvalue weighted by molar-refractivity contribution is -0.232. The fourth-order valence-electron chi connectivity index (χ4n) is 14.5. The molecule has 1 aromatic carbocycles. The van der Waals surface area contributed by atoms with Gasteiger partial charge in [0.25, 0.3) is 5.91 Å². The Kier molecular flexibility index (Phi) is 13.1. The van der Waals surface area contributed by atoms with Crippen LogP contribution in [0.2, 0.25) is 5.02 Å². The first-order valence-electron chi connectivity index (χ1n) is 24.3. The molecule has 1 aliphatic heterocycles. The van der Waals surface area contributed by atoms with Crippen molar-refractivity contribution in [1.29, 1.82) is 0 Å². The molecular formula is C52H76ClN3O9. The fraction of sp³-hybridized carbons (Fsp3) is 0.750. The van der Waals surface area contributed by atoms with Gasteiger partial charge in [0, 0.05) is 36.5 Å². The van der Waals surface area contributed by atoms with Crippen LogP contribution in [0.15, 0.2) is 29.3 Å². The number of nitrogens with one attached hydrogen (secondary N) is 2. The van der Waals surface area contributed by atoms with Gasteiger partial charge in [-0.2, -0.15) is 0 Å². The van der Waals surface area contributed by atoms with Crippen molar-refractivity contribution in [3.8, 4) is 5.75 Å². The first-order chi connectivity index (χ1) is 30.1. The Balaban J connectivity index is 1.10. The molecule has 0 spiro atoms. The number of ketones is 1. The molecule has 0 unspecified atom stereocenters. The molecule has 5 aliphatic carbocycles. The molecule has 0 bridgehead atoms. The number of benzene rings is 1. The van der Waals surface area contributed by atoms with Crippen LogP contribution < -0.4 is 15.4 Å². The molecule has 2 amide bonds. The maximum absolute atomic E-state index is 14.7. The number of β-amino-alcohol motifs (C(OH)–C–C–N with tert-alkyl or cyclic N) is 1. The van der Waals surface area contributed by atoms with Crippen LogP contribution in [0.25, 0.3) is 0 Å². The van der Waals surface area contributed by atoms with Crippen LogP contribution >= 0.6 is 11.6 Å². The molecule has 4 saturated carbocycles. The summed E-state index contributed by atoms with van der Waals surface area (Å²) in [7, 11) is 0. The molecule has 0 radical (unpaired) electrons. The van der Waals surface area contributed by atoms with Crippen LogP contribution in [0.4, 0.5) is 0 Å². The van der Waals surface area contributed by atoms with E-state index in [1.165, 1.54) is 0 Å². The third kappa shape index (κ3) is 8.57. The average molecular weight is 923 g/mol. The molecule has 7 rings (SSSR count). The van der Waals surface area contributed by atoms with Gasteiger partial charge in [0.15, 0.2) is 5.78 Å². The number of ether oxygens (including phenoxy) is 2. The molecule has 4 N–H and O–H groups in total. The molecule has 0 aromatic heterocycles. The van der Waals surface area contributed by atoms with Crippen molar-refractivity contribution >= 4 is 41.1 Å². The van der Waals surface area contributed by atoms with Crippen molar-refractivity contribution in [2.75, 3.05) is 26.2 Å². The summed E-state index contributed by atoms with van der Waals surface area (Å²) < 4.78 is 12.3. The summed E-state index contributed by atoms with van der Waals surface area (Å²) in [6.07, 6.45) is 7.05. The molecule has 1 heterocycles. The number of Topliss-reactive ketones (excluding diaryl/α,β-unsaturated/α-hetero) is 1. The zero-order chi connectivity index (χ0) is 47.9. The van der Waals surface area contributed by atoms with E-state index >= 15 is 0 Å². The van der Waals surface area contributed by atoms with Crippen LogP contribution in [0, 0.1) is 50.7 Å². The monoisotopic (exact) mass is 922 g/mol. The number of aliphatic hydroxyl groups excluding tert-OH is 1. The smallest absolute Gasteiger partial charge is 0.309 e. The summed E-state index contributed by atoms with van der Waals surface area (Å²) in [4.78, 5) is 70.1. The van der Waals surface area contributed by atoms with E-state index in [2.05, 4.69) is 64.0 Å². The zero-order valence-electron chi connectivity index (χ0n) is 40.9. The summed E-state index contributed by atoms with van der Waals surface area (Å²) in [6, 6.07) is 4.83. The number of amides is 2. The Morgan fingerprint density at radius 3 is 2.28 bits per heavy atom. The lowest BCUT2D eigenvalue weighted by Gasteiger charge is -2.72. The molecule has 5 fully saturated rings. The van der Waals surface area contributed by atoms with Crippen molar-refractivity contribution in [3.05, 3.63) is 39.9 Å². The minimum absolute atomic E-state index is 0.0219.